The van der Waals surface area contributed by atoms with E-state index in [1.165, 1.54) is 27.4 Å². The van der Waals surface area contributed by atoms with Gasteiger partial charge in [0, 0.05) is 18.2 Å². The van der Waals surface area contributed by atoms with Crippen LogP contribution in [0.1, 0.15) is 35.7 Å². The minimum Gasteiger partial charge on any atom is -0.493 e. The van der Waals surface area contributed by atoms with Crippen molar-refractivity contribution in [2.75, 3.05) is 34.5 Å². The number of fused-ring (bicyclic) bond motifs is 1. The first-order chi connectivity index (χ1) is 17.0. The van der Waals surface area contributed by atoms with Gasteiger partial charge in [-0.1, -0.05) is 43.7 Å². The van der Waals surface area contributed by atoms with Gasteiger partial charge < -0.3 is 24.3 Å². The molecular weight excluding hydrogens is 446 g/mol. The van der Waals surface area contributed by atoms with Gasteiger partial charge in [-0.25, -0.2) is 0 Å². The number of ether oxygens (including phenoxy) is 4. The highest BCUT2D eigenvalue weighted by Crippen LogP contribution is 2.40. The Labute approximate surface area is 205 Å². The van der Waals surface area contributed by atoms with Crippen LogP contribution in [-0.2, 0) is 4.79 Å². The molecule has 0 unspecified atom stereocenters. The molecule has 1 N–H and O–H groups in total. The number of methoxy groups -OCH3 is 3. The first-order valence-corrected chi connectivity index (χ1v) is 11.5. The zero-order valence-corrected chi connectivity index (χ0v) is 20.6. The molecular formula is C28H31NO6. The topological polar surface area (TPSA) is 83.1 Å². The van der Waals surface area contributed by atoms with Crippen LogP contribution in [0, 0.1) is 0 Å². The SMILES string of the molecule is CCCCNC(=O)/C=C/COc1ccc2ccccc2c1C(=O)c1cc(OC)c(OC)c(OC)c1. The molecule has 0 aliphatic heterocycles. The van der Waals surface area contributed by atoms with Crippen LogP contribution in [0.4, 0.5) is 0 Å². The van der Waals surface area contributed by atoms with Crippen LogP contribution >= 0.6 is 0 Å². The Kier molecular flexibility index (Phi) is 9.12. The largest absolute Gasteiger partial charge is 0.493 e. The summed E-state index contributed by atoms with van der Waals surface area (Å²) in [6.45, 7) is 2.84. The third-order valence-electron chi connectivity index (χ3n) is 5.48. The van der Waals surface area contributed by atoms with Crippen molar-refractivity contribution in [3.63, 3.8) is 0 Å². The number of ketones is 1. The van der Waals surface area contributed by atoms with E-state index in [1.807, 2.05) is 30.3 Å². The van der Waals surface area contributed by atoms with Gasteiger partial charge >= 0.3 is 0 Å². The second-order valence-electron chi connectivity index (χ2n) is 7.76. The zero-order chi connectivity index (χ0) is 25.2. The Hall–Kier alpha value is -4.00. The molecule has 0 aromatic heterocycles. The maximum absolute atomic E-state index is 13.8. The molecule has 0 heterocycles. The smallest absolute Gasteiger partial charge is 0.243 e. The minimum absolute atomic E-state index is 0.134. The Morgan fingerprint density at radius 2 is 1.63 bits per heavy atom. The molecule has 0 aliphatic rings. The third-order valence-corrected chi connectivity index (χ3v) is 5.48. The molecule has 3 rings (SSSR count). The zero-order valence-electron chi connectivity index (χ0n) is 20.6. The van der Waals surface area contributed by atoms with Crippen molar-refractivity contribution >= 4 is 22.5 Å². The number of unbranched alkanes of at least 4 members (excludes halogenated alkanes) is 1. The number of hydrogen-bond acceptors (Lipinski definition) is 6. The lowest BCUT2D eigenvalue weighted by molar-refractivity contribution is -0.116. The highest BCUT2D eigenvalue weighted by atomic mass is 16.5. The van der Waals surface area contributed by atoms with E-state index in [0.29, 0.717) is 40.7 Å². The fourth-order valence-electron chi connectivity index (χ4n) is 3.70. The number of amides is 1. The van der Waals surface area contributed by atoms with Crippen LogP contribution in [0.25, 0.3) is 10.8 Å². The number of benzene rings is 3. The number of carbonyl (C=O) groups is 2. The molecule has 184 valence electrons. The van der Waals surface area contributed by atoms with E-state index >= 15 is 0 Å². The first-order valence-electron chi connectivity index (χ1n) is 11.5. The van der Waals surface area contributed by atoms with E-state index in [9.17, 15) is 9.59 Å². The lowest BCUT2D eigenvalue weighted by atomic mass is 9.95. The Morgan fingerprint density at radius 1 is 0.914 bits per heavy atom. The van der Waals surface area contributed by atoms with E-state index in [0.717, 1.165) is 23.6 Å². The normalized spacial score (nSPS) is 10.9. The summed E-state index contributed by atoms with van der Waals surface area (Å²) in [7, 11) is 4.52. The van der Waals surface area contributed by atoms with Crippen molar-refractivity contribution in [1.82, 2.24) is 5.32 Å². The summed E-state index contributed by atoms with van der Waals surface area (Å²) in [5, 5.41) is 4.48. The molecule has 3 aromatic rings. The van der Waals surface area contributed by atoms with Crippen molar-refractivity contribution in [1.29, 1.82) is 0 Å². The lowest BCUT2D eigenvalue weighted by Gasteiger charge is -2.16. The highest BCUT2D eigenvalue weighted by Gasteiger charge is 2.22. The predicted octanol–water partition coefficient (Wildman–Crippen LogP) is 4.95. The summed E-state index contributed by atoms with van der Waals surface area (Å²) < 4.78 is 22.2. The standard InChI is InChI=1S/C28H31NO6/c1-5-6-15-29-25(30)12-9-16-35-22-14-13-19-10-7-8-11-21(19)26(22)27(31)20-17-23(32-2)28(34-4)24(18-20)33-3/h7-14,17-18H,5-6,15-16H2,1-4H3,(H,29,30)/b12-9+. The van der Waals surface area contributed by atoms with Gasteiger partial charge in [-0.05, 0) is 41.5 Å². The molecule has 0 fully saturated rings. The van der Waals surface area contributed by atoms with E-state index in [4.69, 9.17) is 18.9 Å². The van der Waals surface area contributed by atoms with Crippen LogP contribution in [-0.4, -0.2) is 46.2 Å². The molecule has 35 heavy (non-hydrogen) atoms. The number of nitrogens with one attached hydrogen (secondary N) is 1. The van der Waals surface area contributed by atoms with Crippen LogP contribution in [0.2, 0.25) is 0 Å². The number of hydrogen-bond donors (Lipinski definition) is 1. The second kappa shape index (κ2) is 12.5. The third kappa shape index (κ3) is 6.12. The average Bonchev–Trinajstić information content (AvgIpc) is 2.89. The highest BCUT2D eigenvalue weighted by molar-refractivity contribution is 6.18. The van der Waals surface area contributed by atoms with Crippen LogP contribution in [0.15, 0.2) is 60.7 Å². The van der Waals surface area contributed by atoms with Gasteiger partial charge in [0.15, 0.2) is 17.3 Å². The molecule has 3 aromatic carbocycles. The van der Waals surface area contributed by atoms with Gasteiger partial charge in [-0.15, -0.1) is 0 Å². The lowest BCUT2D eigenvalue weighted by Crippen LogP contribution is -2.22. The van der Waals surface area contributed by atoms with Gasteiger partial charge in [0.2, 0.25) is 11.7 Å². The molecule has 1 amide bonds. The van der Waals surface area contributed by atoms with Crippen molar-refractivity contribution in [2.45, 2.75) is 19.8 Å². The summed E-state index contributed by atoms with van der Waals surface area (Å²) in [6, 6.07) is 14.5. The summed E-state index contributed by atoms with van der Waals surface area (Å²) in [4.78, 5) is 25.7. The molecule has 0 saturated carbocycles. The summed E-state index contributed by atoms with van der Waals surface area (Å²) in [5.41, 5.74) is 0.782. The second-order valence-corrected chi connectivity index (χ2v) is 7.76. The average molecular weight is 478 g/mol. The van der Waals surface area contributed by atoms with Crippen LogP contribution < -0.4 is 24.3 Å². The number of carbonyl (C=O) groups excluding carboxylic acids is 2. The fraction of sp³-hybridized carbons (Fsp3) is 0.286. The molecule has 7 nitrogen and oxygen atoms in total. The van der Waals surface area contributed by atoms with Gasteiger partial charge in [0.05, 0.1) is 26.9 Å². The van der Waals surface area contributed by atoms with Crippen molar-refractivity contribution < 1.29 is 28.5 Å². The Balaban J connectivity index is 1.95. The van der Waals surface area contributed by atoms with Crippen LogP contribution in [0.5, 0.6) is 23.0 Å². The van der Waals surface area contributed by atoms with Crippen molar-refractivity contribution in [2.24, 2.45) is 0 Å². The summed E-state index contributed by atoms with van der Waals surface area (Å²) in [5.74, 6) is 1.17. The minimum atomic E-state index is -0.252. The van der Waals surface area contributed by atoms with Gasteiger partial charge in [0.25, 0.3) is 0 Å². The maximum atomic E-state index is 13.8. The van der Waals surface area contributed by atoms with Crippen molar-refractivity contribution in [3.8, 4) is 23.0 Å². The molecule has 0 atom stereocenters. The Bertz CT molecular complexity index is 1190. The maximum Gasteiger partial charge on any atom is 0.243 e. The predicted molar refractivity (Wildman–Crippen MR) is 136 cm³/mol. The molecule has 0 bridgehead atoms. The van der Waals surface area contributed by atoms with E-state index in [1.54, 1.807) is 24.3 Å². The van der Waals surface area contributed by atoms with Crippen LogP contribution in [0.3, 0.4) is 0 Å². The summed E-state index contributed by atoms with van der Waals surface area (Å²) >= 11 is 0. The quantitative estimate of drug-likeness (QED) is 0.226. The first kappa shape index (κ1) is 25.6. The molecule has 7 heteroatoms. The van der Waals surface area contributed by atoms with E-state index in [-0.39, 0.29) is 18.3 Å². The molecule has 0 aliphatic carbocycles. The van der Waals surface area contributed by atoms with E-state index < -0.39 is 0 Å². The van der Waals surface area contributed by atoms with Gasteiger partial charge in [0.1, 0.15) is 12.4 Å². The number of rotatable bonds is 12. The molecule has 0 saturated heterocycles. The van der Waals surface area contributed by atoms with Gasteiger partial charge in [-0.2, -0.15) is 0 Å². The molecule has 0 spiro atoms. The van der Waals surface area contributed by atoms with Gasteiger partial charge in [-0.3, -0.25) is 9.59 Å². The van der Waals surface area contributed by atoms with Crippen molar-refractivity contribution in [3.05, 3.63) is 71.8 Å². The monoisotopic (exact) mass is 477 g/mol. The summed E-state index contributed by atoms with van der Waals surface area (Å²) in [6.07, 6.45) is 5.01. The Morgan fingerprint density at radius 3 is 2.29 bits per heavy atom. The molecule has 0 radical (unpaired) electrons. The fourth-order valence-corrected chi connectivity index (χ4v) is 3.70. The van der Waals surface area contributed by atoms with E-state index in [2.05, 4.69) is 12.2 Å².